The van der Waals surface area contributed by atoms with Gasteiger partial charge in [0.25, 0.3) is 0 Å². The molecule has 0 amide bonds. The molecule has 2 aromatic rings. The highest BCUT2D eigenvalue weighted by Crippen LogP contribution is 2.19. The van der Waals surface area contributed by atoms with Gasteiger partial charge < -0.3 is 15.5 Å². The second-order valence-corrected chi connectivity index (χ2v) is 6.05. The summed E-state index contributed by atoms with van der Waals surface area (Å²) in [5.41, 5.74) is 1.24. The minimum absolute atomic E-state index is 0.201. The minimum Gasteiger partial charge on any atom is -0.370 e. The molecular weight excluding hydrogens is 286 g/mol. The predicted octanol–water partition coefficient (Wildman–Crippen LogP) is 3.32. The zero-order valence-corrected chi connectivity index (χ0v) is 14.5. The van der Waals surface area contributed by atoms with E-state index in [4.69, 9.17) is 0 Å². The van der Waals surface area contributed by atoms with E-state index in [9.17, 15) is 0 Å². The van der Waals surface area contributed by atoms with Gasteiger partial charge in [-0.1, -0.05) is 30.3 Å². The SMILES string of the molecule is Cc1nc(NCCCN(C)C)cc(NC(C)c2ccccc2)n1. The van der Waals surface area contributed by atoms with Crippen LogP contribution >= 0.6 is 0 Å². The lowest BCUT2D eigenvalue weighted by atomic mass is 10.1. The van der Waals surface area contributed by atoms with Gasteiger partial charge in [-0.2, -0.15) is 0 Å². The summed E-state index contributed by atoms with van der Waals surface area (Å²) in [5.74, 6) is 2.49. The van der Waals surface area contributed by atoms with Crippen LogP contribution < -0.4 is 10.6 Å². The Morgan fingerprint density at radius 3 is 2.48 bits per heavy atom. The smallest absolute Gasteiger partial charge is 0.132 e. The maximum absolute atomic E-state index is 4.49. The summed E-state index contributed by atoms with van der Waals surface area (Å²) in [7, 11) is 4.17. The van der Waals surface area contributed by atoms with Crippen LogP contribution in [0.5, 0.6) is 0 Å². The molecule has 2 N–H and O–H groups in total. The Bertz CT molecular complexity index is 598. The fourth-order valence-electron chi connectivity index (χ4n) is 2.39. The number of aromatic nitrogens is 2. The van der Waals surface area contributed by atoms with E-state index in [0.29, 0.717) is 0 Å². The second kappa shape index (κ2) is 8.48. The van der Waals surface area contributed by atoms with Crippen LogP contribution in [-0.2, 0) is 0 Å². The monoisotopic (exact) mass is 313 g/mol. The number of nitrogens with zero attached hydrogens (tertiary/aromatic N) is 3. The first-order chi connectivity index (χ1) is 11.0. The molecule has 1 aromatic carbocycles. The van der Waals surface area contributed by atoms with Gasteiger partial charge in [-0.05, 0) is 46.5 Å². The fourth-order valence-corrected chi connectivity index (χ4v) is 2.39. The average molecular weight is 313 g/mol. The zero-order valence-electron chi connectivity index (χ0n) is 14.5. The highest BCUT2D eigenvalue weighted by molar-refractivity contribution is 5.48. The molecule has 0 bridgehead atoms. The van der Waals surface area contributed by atoms with E-state index >= 15 is 0 Å². The summed E-state index contributed by atoms with van der Waals surface area (Å²) >= 11 is 0. The Balaban J connectivity index is 1.97. The third-order valence-electron chi connectivity index (χ3n) is 3.59. The first-order valence-electron chi connectivity index (χ1n) is 8.10. The van der Waals surface area contributed by atoms with Crippen molar-refractivity contribution in [3.8, 4) is 0 Å². The van der Waals surface area contributed by atoms with Crippen molar-refractivity contribution in [2.45, 2.75) is 26.3 Å². The van der Waals surface area contributed by atoms with Gasteiger partial charge in [0, 0.05) is 18.7 Å². The van der Waals surface area contributed by atoms with Gasteiger partial charge in [0.1, 0.15) is 17.5 Å². The number of nitrogens with one attached hydrogen (secondary N) is 2. The predicted molar refractivity (Wildman–Crippen MR) is 96.9 cm³/mol. The van der Waals surface area contributed by atoms with Gasteiger partial charge >= 0.3 is 0 Å². The molecule has 1 heterocycles. The molecule has 5 heteroatoms. The first-order valence-corrected chi connectivity index (χ1v) is 8.10. The van der Waals surface area contributed by atoms with E-state index in [0.717, 1.165) is 37.0 Å². The third-order valence-corrected chi connectivity index (χ3v) is 3.59. The van der Waals surface area contributed by atoms with Gasteiger partial charge in [0.05, 0.1) is 0 Å². The van der Waals surface area contributed by atoms with Crippen molar-refractivity contribution in [2.75, 3.05) is 37.8 Å². The first kappa shape index (κ1) is 17.2. The average Bonchev–Trinajstić information content (AvgIpc) is 2.52. The Kier molecular flexibility index (Phi) is 6.35. The molecule has 0 aliphatic heterocycles. The Morgan fingerprint density at radius 2 is 1.78 bits per heavy atom. The van der Waals surface area contributed by atoms with Crippen LogP contribution in [0.15, 0.2) is 36.4 Å². The maximum atomic E-state index is 4.49. The van der Waals surface area contributed by atoms with E-state index < -0.39 is 0 Å². The molecule has 0 saturated carbocycles. The van der Waals surface area contributed by atoms with Crippen molar-refractivity contribution in [2.24, 2.45) is 0 Å². The van der Waals surface area contributed by atoms with Crippen molar-refractivity contribution >= 4 is 11.6 Å². The van der Waals surface area contributed by atoms with Gasteiger partial charge in [0.15, 0.2) is 0 Å². The van der Waals surface area contributed by atoms with Gasteiger partial charge in [-0.15, -0.1) is 0 Å². The summed E-state index contributed by atoms with van der Waals surface area (Å²) in [4.78, 5) is 11.1. The van der Waals surface area contributed by atoms with Crippen LogP contribution in [0, 0.1) is 6.92 Å². The van der Waals surface area contributed by atoms with E-state index in [2.05, 4.69) is 70.8 Å². The molecule has 0 radical (unpaired) electrons. The Hall–Kier alpha value is -2.14. The maximum Gasteiger partial charge on any atom is 0.132 e. The molecule has 0 saturated heterocycles. The minimum atomic E-state index is 0.201. The fraction of sp³-hybridized carbons (Fsp3) is 0.444. The molecule has 124 valence electrons. The third kappa shape index (κ3) is 5.87. The number of rotatable bonds is 8. The second-order valence-electron chi connectivity index (χ2n) is 6.05. The summed E-state index contributed by atoms with van der Waals surface area (Å²) in [5, 5.41) is 6.83. The van der Waals surface area contributed by atoms with Crippen molar-refractivity contribution < 1.29 is 0 Å². The zero-order chi connectivity index (χ0) is 16.7. The van der Waals surface area contributed by atoms with Crippen molar-refractivity contribution in [1.29, 1.82) is 0 Å². The molecule has 23 heavy (non-hydrogen) atoms. The quantitative estimate of drug-likeness (QED) is 0.732. The van der Waals surface area contributed by atoms with Gasteiger partial charge in [0.2, 0.25) is 0 Å². The molecule has 1 unspecified atom stereocenters. The van der Waals surface area contributed by atoms with Gasteiger partial charge in [-0.3, -0.25) is 0 Å². The number of anilines is 2. The van der Waals surface area contributed by atoms with E-state index in [1.165, 1.54) is 5.56 Å². The lowest BCUT2D eigenvalue weighted by Gasteiger charge is -2.16. The molecule has 0 aliphatic rings. The van der Waals surface area contributed by atoms with Crippen LogP contribution in [0.4, 0.5) is 11.6 Å². The van der Waals surface area contributed by atoms with E-state index in [1.807, 2.05) is 19.1 Å². The van der Waals surface area contributed by atoms with Crippen molar-refractivity contribution in [1.82, 2.24) is 14.9 Å². The lowest BCUT2D eigenvalue weighted by Crippen LogP contribution is -2.17. The Morgan fingerprint density at radius 1 is 1.09 bits per heavy atom. The van der Waals surface area contributed by atoms with Crippen LogP contribution in [0.2, 0.25) is 0 Å². The summed E-state index contributed by atoms with van der Waals surface area (Å²) in [6.45, 7) is 6.02. The molecule has 1 aromatic heterocycles. The number of aryl methyl sites for hydroxylation is 1. The summed E-state index contributed by atoms with van der Waals surface area (Å²) in [6, 6.07) is 12.5. The van der Waals surface area contributed by atoms with Crippen LogP contribution in [0.25, 0.3) is 0 Å². The van der Waals surface area contributed by atoms with Crippen molar-refractivity contribution in [3.63, 3.8) is 0 Å². The standard InChI is InChI=1S/C18H27N5/c1-14(16-9-6-5-7-10-16)20-18-13-17(21-15(2)22-18)19-11-8-12-23(3)4/h5-7,9-10,13-14H,8,11-12H2,1-4H3,(H2,19,20,21,22). The summed E-state index contributed by atoms with van der Waals surface area (Å²) < 4.78 is 0. The highest BCUT2D eigenvalue weighted by Gasteiger charge is 2.07. The van der Waals surface area contributed by atoms with E-state index in [-0.39, 0.29) is 6.04 Å². The van der Waals surface area contributed by atoms with Gasteiger partial charge in [-0.25, -0.2) is 9.97 Å². The molecule has 5 nitrogen and oxygen atoms in total. The van der Waals surface area contributed by atoms with Crippen molar-refractivity contribution in [3.05, 3.63) is 47.8 Å². The summed E-state index contributed by atoms with van der Waals surface area (Å²) in [6.07, 6.45) is 1.08. The molecule has 0 fully saturated rings. The normalized spacial score (nSPS) is 12.2. The van der Waals surface area contributed by atoms with E-state index in [1.54, 1.807) is 0 Å². The number of benzene rings is 1. The largest absolute Gasteiger partial charge is 0.370 e. The number of hydrogen-bond acceptors (Lipinski definition) is 5. The van der Waals surface area contributed by atoms with Crippen LogP contribution in [0.3, 0.4) is 0 Å². The molecule has 1 atom stereocenters. The molecule has 0 spiro atoms. The van der Waals surface area contributed by atoms with Crippen LogP contribution in [0.1, 0.15) is 30.8 Å². The number of hydrogen-bond donors (Lipinski definition) is 2. The molecule has 0 aliphatic carbocycles. The highest BCUT2D eigenvalue weighted by atomic mass is 15.1. The Labute approximate surface area is 139 Å². The lowest BCUT2D eigenvalue weighted by molar-refractivity contribution is 0.405. The van der Waals surface area contributed by atoms with Crippen LogP contribution in [-0.4, -0.2) is 42.1 Å². The molecular formula is C18H27N5. The molecule has 2 rings (SSSR count). The topological polar surface area (TPSA) is 53.1 Å².